The zero-order valence-corrected chi connectivity index (χ0v) is 48.7. The third-order valence-electron chi connectivity index (χ3n) is 17.5. The van der Waals surface area contributed by atoms with Crippen molar-refractivity contribution in [3.63, 3.8) is 0 Å². The Morgan fingerprint density at radius 2 is 1.60 bits per heavy atom. The van der Waals surface area contributed by atoms with Crippen molar-refractivity contribution in [1.82, 2.24) is 40.7 Å². The normalized spacial score (nSPS) is 21.0. The van der Waals surface area contributed by atoms with Crippen molar-refractivity contribution in [3.8, 4) is 35.4 Å². The van der Waals surface area contributed by atoms with Crippen molar-refractivity contribution < 1.29 is 38.1 Å². The number of anilines is 1. The second-order valence-corrected chi connectivity index (χ2v) is 24.6. The van der Waals surface area contributed by atoms with Gasteiger partial charge in [-0.15, -0.1) is 6.42 Å². The topological polar surface area (TPSA) is 198 Å². The van der Waals surface area contributed by atoms with E-state index >= 15 is 8.78 Å². The Morgan fingerprint density at radius 1 is 0.904 bits per heavy atom. The standard InChI is InChI=1S/C65H80F2N10O6/c1-7-49-53(66)24-21-43-32-46(78)33-51(56(43)49)58-57(67)59-52(35-69-58)61(76-36-44-22-23-45(37-76)71-44)74-64(73-59)83-48-26-30-75(31-27-48)29-15-13-11-9-8-10-12-14-16-55(80)72-60(65(4,5)6)63(82)77-38-47(79)34-54(77)62(81)70-39(2)41-17-19-42(20-18-41)50-25-28-68-40(50)3/h1,17-21,24,28,32-33,35,39,44-45,47-48,54,60,71,78-79H,8-16,22-23,25-27,29-31,34,36-38H2,2-6H3,(H,70,81)(H,72,80)/t39?,44?,45?,47-,54+,60-/m1/s1. The van der Waals surface area contributed by atoms with Crippen LogP contribution in [0.2, 0.25) is 0 Å². The second kappa shape index (κ2) is 25.8. The zero-order valence-electron chi connectivity index (χ0n) is 48.7. The number of terminal acetylenes is 1. The maximum atomic E-state index is 17.1. The number of nitrogens with one attached hydrogen (secondary N) is 3. The number of carbonyl (C=O) groups excluding carboxylic acids is 3. The van der Waals surface area contributed by atoms with Crippen molar-refractivity contribution in [2.75, 3.05) is 44.2 Å². The highest BCUT2D eigenvalue weighted by Crippen LogP contribution is 2.40. The summed E-state index contributed by atoms with van der Waals surface area (Å²) in [5, 5.41) is 32.3. The lowest BCUT2D eigenvalue weighted by molar-refractivity contribution is -0.144. The molecule has 440 valence electrons. The van der Waals surface area contributed by atoms with E-state index in [0.717, 1.165) is 114 Å². The Kier molecular flexibility index (Phi) is 18.4. The molecule has 6 atom stereocenters. The Bertz CT molecular complexity index is 3300. The molecule has 0 saturated carbocycles. The summed E-state index contributed by atoms with van der Waals surface area (Å²) in [4.78, 5) is 65.9. The number of carbonyl (C=O) groups is 3. The fourth-order valence-electron chi connectivity index (χ4n) is 12.9. The predicted molar refractivity (Wildman–Crippen MR) is 320 cm³/mol. The zero-order chi connectivity index (χ0) is 58.5. The van der Waals surface area contributed by atoms with Gasteiger partial charge in [-0.2, -0.15) is 9.97 Å². The Morgan fingerprint density at radius 3 is 2.28 bits per heavy atom. The van der Waals surface area contributed by atoms with Gasteiger partial charge in [0.25, 0.3) is 0 Å². The van der Waals surface area contributed by atoms with Crippen molar-refractivity contribution in [1.29, 1.82) is 0 Å². The van der Waals surface area contributed by atoms with Crippen LogP contribution < -0.4 is 25.6 Å². The van der Waals surface area contributed by atoms with Crippen LogP contribution in [0.25, 0.3) is 38.5 Å². The molecule has 3 aromatic carbocycles. The highest BCUT2D eigenvalue weighted by Gasteiger charge is 2.45. The van der Waals surface area contributed by atoms with Crippen LogP contribution >= 0.6 is 0 Å². The number of likely N-dealkylation sites (tertiary alicyclic amines) is 2. The number of aromatic hydroxyl groups is 1. The van der Waals surface area contributed by atoms with Gasteiger partial charge < -0.3 is 45.6 Å². The Balaban J connectivity index is 0.650. The number of piperazine rings is 1. The van der Waals surface area contributed by atoms with Gasteiger partial charge in [-0.05, 0) is 105 Å². The number of aliphatic imine (C=N–C) groups is 1. The summed E-state index contributed by atoms with van der Waals surface area (Å²) in [6.07, 6.45) is 21.3. The lowest BCUT2D eigenvalue weighted by Crippen LogP contribution is -2.57. The van der Waals surface area contributed by atoms with Crippen LogP contribution in [0.5, 0.6) is 11.8 Å². The number of piperidine rings is 1. The molecule has 16 nitrogen and oxygen atoms in total. The highest BCUT2D eigenvalue weighted by molar-refractivity contribution is 6.03. The molecule has 2 bridgehead atoms. The number of ether oxygens (including phenoxy) is 1. The molecule has 5 aliphatic rings. The maximum absolute atomic E-state index is 17.1. The first kappa shape index (κ1) is 59.1. The Hall–Kier alpha value is -7.07. The van der Waals surface area contributed by atoms with E-state index in [1.807, 2.05) is 65.1 Å². The van der Waals surface area contributed by atoms with E-state index in [2.05, 4.69) is 41.6 Å². The molecule has 4 fully saturated rings. The summed E-state index contributed by atoms with van der Waals surface area (Å²) in [5.74, 6) is 0.561. The summed E-state index contributed by atoms with van der Waals surface area (Å²) in [6.45, 7) is 13.7. The first-order valence-electron chi connectivity index (χ1n) is 30.0. The van der Waals surface area contributed by atoms with E-state index in [1.165, 1.54) is 34.7 Å². The number of phenols is 1. The number of halogens is 2. The van der Waals surface area contributed by atoms with E-state index in [-0.39, 0.29) is 94.4 Å². The molecule has 0 spiro atoms. The summed E-state index contributed by atoms with van der Waals surface area (Å²) in [6, 6.07) is 12.2. The molecule has 7 heterocycles. The number of unbranched alkanes of at least 4 members (excludes halogenated alkanes) is 7. The van der Waals surface area contributed by atoms with Crippen molar-refractivity contribution in [3.05, 3.63) is 88.7 Å². The Labute approximate surface area is 486 Å². The molecule has 3 amide bonds. The first-order chi connectivity index (χ1) is 39.9. The number of benzene rings is 3. The summed E-state index contributed by atoms with van der Waals surface area (Å²) >= 11 is 0. The number of phenolic OH excluding ortho intramolecular Hbond substituents is 1. The van der Waals surface area contributed by atoms with Crippen LogP contribution in [0.4, 0.5) is 14.6 Å². The smallest absolute Gasteiger partial charge is 0.319 e. The summed E-state index contributed by atoms with van der Waals surface area (Å²) < 4.78 is 38.6. The molecule has 4 saturated heterocycles. The van der Waals surface area contributed by atoms with Crippen molar-refractivity contribution in [2.24, 2.45) is 10.4 Å². The van der Waals surface area contributed by atoms with Gasteiger partial charge in [0, 0.05) is 93.1 Å². The number of aliphatic hydroxyl groups is 1. The highest BCUT2D eigenvalue weighted by atomic mass is 19.1. The van der Waals surface area contributed by atoms with Gasteiger partial charge in [-0.1, -0.05) is 95.5 Å². The predicted octanol–water partition coefficient (Wildman–Crippen LogP) is 9.68. The molecular formula is C65H80F2N10O6. The minimum absolute atomic E-state index is 0.0222. The number of hydrogen-bond acceptors (Lipinski definition) is 13. The number of nitrogens with zero attached hydrogens (tertiary/aromatic N) is 7. The van der Waals surface area contributed by atoms with Crippen LogP contribution in [0.1, 0.15) is 154 Å². The quantitative estimate of drug-likeness (QED) is 0.0345. The van der Waals surface area contributed by atoms with Gasteiger partial charge >= 0.3 is 6.01 Å². The van der Waals surface area contributed by atoms with Gasteiger partial charge in [0.05, 0.1) is 23.1 Å². The molecule has 10 rings (SSSR count). The third kappa shape index (κ3) is 13.6. The molecule has 5 aromatic rings. The SMILES string of the molecule is C#Cc1c(F)ccc2cc(O)cc(-c3ncc4c(N5CC6CCC(C5)N6)nc(OC5CCN(CCCCCCCCCCC(=O)N[C@H](C(=O)N6C[C@H](O)C[C@H]6C(=O)NC(C)c6ccc(C7=C(C)N=CC7)cc6)C(C)(C)C)CC5)nc4c3F)c12. The summed E-state index contributed by atoms with van der Waals surface area (Å²) in [5.41, 5.74) is 3.61. The van der Waals surface area contributed by atoms with E-state index in [0.29, 0.717) is 42.5 Å². The largest absolute Gasteiger partial charge is 0.508 e. The number of hydrogen-bond donors (Lipinski definition) is 5. The fraction of sp³-hybridized carbons (Fsp3) is 0.523. The summed E-state index contributed by atoms with van der Waals surface area (Å²) in [7, 11) is 0. The van der Waals surface area contributed by atoms with Crippen LogP contribution in [-0.4, -0.2) is 135 Å². The number of β-amino-alcohol motifs (C(OH)–C–C–N with tert-alkyl or cyclic N) is 1. The van der Waals surface area contributed by atoms with Gasteiger partial charge in [0.1, 0.15) is 46.8 Å². The number of amides is 3. The van der Waals surface area contributed by atoms with E-state index in [1.54, 1.807) is 6.20 Å². The molecular weight excluding hydrogens is 1050 g/mol. The van der Waals surface area contributed by atoms with Gasteiger partial charge in [0.2, 0.25) is 17.7 Å². The molecule has 5 N–H and O–H groups in total. The number of fused-ring (bicyclic) bond motifs is 4. The molecule has 5 aliphatic heterocycles. The van der Waals surface area contributed by atoms with Gasteiger partial charge in [0.15, 0.2) is 5.82 Å². The monoisotopic (exact) mass is 1130 g/mol. The maximum Gasteiger partial charge on any atom is 0.319 e. The van der Waals surface area contributed by atoms with Gasteiger partial charge in [-0.25, -0.2) is 8.78 Å². The van der Waals surface area contributed by atoms with E-state index in [4.69, 9.17) is 21.1 Å². The minimum atomic E-state index is -0.865. The van der Waals surface area contributed by atoms with Crippen molar-refractivity contribution in [2.45, 2.75) is 173 Å². The first-order valence-corrected chi connectivity index (χ1v) is 30.0. The van der Waals surface area contributed by atoms with Crippen LogP contribution in [0, 0.1) is 29.4 Å². The number of aromatic nitrogens is 3. The van der Waals surface area contributed by atoms with Crippen LogP contribution in [0.3, 0.4) is 0 Å². The minimum Gasteiger partial charge on any atom is -0.508 e. The lowest BCUT2D eigenvalue weighted by Gasteiger charge is -2.35. The average molecular weight is 1140 g/mol. The number of pyridine rings is 1. The number of rotatable bonds is 21. The van der Waals surface area contributed by atoms with Gasteiger partial charge in [-0.3, -0.25) is 24.4 Å². The lowest BCUT2D eigenvalue weighted by atomic mass is 9.85. The number of allylic oxidation sites excluding steroid dienone is 2. The third-order valence-corrected chi connectivity index (χ3v) is 17.5. The number of aliphatic hydroxyl groups excluding tert-OH is 1. The van der Waals surface area contributed by atoms with E-state index < -0.39 is 35.2 Å². The molecule has 3 unspecified atom stereocenters. The van der Waals surface area contributed by atoms with Crippen LogP contribution in [0.15, 0.2) is 65.4 Å². The molecule has 0 aliphatic carbocycles. The second-order valence-electron chi connectivity index (χ2n) is 24.6. The van der Waals surface area contributed by atoms with Crippen LogP contribution in [-0.2, 0) is 14.4 Å². The molecule has 0 radical (unpaired) electrons. The molecule has 18 heteroatoms. The van der Waals surface area contributed by atoms with E-state index in [9.17, 15) is 24.6 Å². The fourth-order valence-corrected chi connectivity index (χ4v) is 12.9. The molecule has 2 aromatic heterocycles. The average Bonchev–Trinajstić information content (AvgIpc) is 2.98. The molecule has 83 heavy (non-hydrogen) atoms. The van der Waals surface area contributed by atoms with Crippen molar-refractivity contribution >= 4 is 57.0 Å².